The van der Waals surface area contributed by atoms with Crippen molar-refractivity contribution >= 4 is 28.3 Å². The number of imidazole rings is 1. The largest absolute Gasteiger partial charge is 0.491 e. The van der Waals surface area contributed by atoms with Crippen molar-refractivity contribution in [3.05, 3.63) is 65.4 Å². The summed E-state index contributed by atoms with van der Waals surface area (Å²) in [5, 5.41) is 9.16. The van der Waals surface area contributed by atoms with E-state index in [1.807, 2.05) is 18.2 Å². The zero-order valence-electron chi connectivity index (χ0n) is 17.7. The first-order chi connectivity index (χ1) is 16.0. The number of hydrogen-bond donors (Lipinski definition) is 1. The van der Waals surface area contributed by atoms with Gasteiger partial charge in [0.1, 0.15) is 29.5 Å². The van der Waals surface area contributed by atoms with Gasteiger partial charge in [-0.05, 0) is 30.2 Å². The molecule has 9 heteroatoms. The highest BCUT2D eigenvalue weighted by molar-refractivity contribution is 5.98. The van der Waals surface area contributed by atoms with Crippen LogP contribution in [0.5, 0.6) is 5.75 Å². The molecule has 0 spiro atoms. The number of anilines is 1. The summed E-state index contributed by atoms with van der Waals surface area (Å²) < 4.78 is 22.5. The summed E-state index contributed by atoms with van der Waals surface area (Å²) in [4.78, 5) is 23.2. The van der Waals surface area contributed by atoms with Gasteiger partial charge in [-0.15, -0.1) is 0 Å². The molecule has 2 aliphatic rings. The van der Waals surface area contributed by atoms with E-state index in [1.54, 1.807) is 24.0 Å². The van der Waals surface area contributed by atoms with Crippen molar-refractivity contribution in [1.29, 1.82) is 5.26 Å². The number of halogens is 1. The second-order valence-corrected chi connectivity index (χ2v) is 8.58. The predicted molar refractivity (Wildman–Crippen MR) is 118 cm³/mol. The van der Waals surface area contributed by atoms with E-state index in [2.05, 4.69) is 16.0 Å². The highest BCUT2D eigenvalue weighted by atomic mass is 19.1. The van der Waals surface area contributed by atoms with Crippen molar-refractivity contribution < 1.29 is 13.9 Å². The number of carbonyl (C=O) groups excluding carboxylic acids is 1. The predicted octanol–water partition coefficient (Wildman–Crippen LogP) is 3.44. The third kappa shape index (κ3) is 2.91. The molecule has 1 aliphatic carbocycles. The number of likely N-dealkylation sites (N-methyl/N-ethyl adjacent to an activating group) is 1. The molecule has 4 aromatic rings. The summed E-state index contributed by atoms with van der Waals surface area (Å²) >= 11 is 0. The first-order valence-electron chi connectivity index (χ1n) is 10.6. The zero-order chi connectivity index (χ0) is 22.9. The van der Waals surface area contributed by atoms with E-state index in [4.69, 9.17) is 15.7 Å². The molecule has 2 N–H and O–H groups in total. The molecular weight excluding hydrogens is 423 g/mol. The van der Waals surface area contributed by atoms with Crippen molar-refractivity contribution in [1.82, 2.24) is 19.3 Å². The Morgan fingerprint density at radius 2 is 2.18 bits per heavy atom. The molecule has 1 amide bonds. The summed E-state index contributed by atoms with van der Waals surface area (Å²) in [6, 6.07) is 10.5. The van der Waals surface area contributed by atoms with Crippen LogP contribution < -0.4 is 10.5 Å². The minimum absolute atomic E-state index is 0.0394. The van der Waals surface area contributed by atoms with Gasteiger partial charge < -0.3 is 15.4 Å². The van der Waals surface area contributed by atoms with Gasteiger partial charge in [0.15, 0.2) is 0 Å². The van der Waals surface area contributed by atoms with Gasteiger partial charge in [0.2, 0.25) is 0 Å². The molecule has 0 saturated heterocycles. The van der Waals surface area contributed by atoms with Crippen LogP contribution in [0.4, 0.5) is 10.2 Å². The molecule has 1 fully saturated rings. The van der Waals surface area contributed by atoms with Crippen molar-refractivity contribution in [2.75, 3.05) is 19.4 Å². The molecule has 0 bridgehead atoms. The fourth-order valence-corrected chi connectivity index (χ4v) is 4.67. The number of hydrogen-bond acceptors (Lipinski definition) is 6. The first kappa shape index (κ1) is 19.5. The van der Waals surface area contributed by atoms with Crippen LogP contribution in [0.3, 0.4) is 0 Å². The molecular formula is C24H19FN6O2. The third-order valence-corrected chi connectivity index (χ3v) is 6.66. The summed E-state index contributed by atoms with van der Waals surface area (Å²) in [7, 11) is 1.64. The second-order valence-electron chi connectivity index (χ2n) is 8.58. The Balaban J connectivity index is 1.37. The van der Waals surface area contributed by atoms with Gasteiger partial charge in [0.05, 0.1) is 47.1 Å². The lowest BCUT2D eigenvalue weighted by Gasteiger charge is -2.24. The van der Waals surface area contributed by atoms with E-state index in [-0.39, 0.29) is 35.9 Å². The minimum Gasteiger partial charge on any atom is -0.491 e. The van der Waals surface area contributed by atoms with Crippen LogP contribution in [0, 0.1) is 23.1 Å². The van der Waals surface area contributed by atoms with Gasteiger partial charge in [-0.25, -0.2) is 14.4 Å². The lowest BCUT2D eigenvalue weighted by molar-refractivity contribution is 0.0704. The fourth-order valence-electron chi connectivity index (χ4n) is 4.67. The van der Waals surface area contributed by atoms with E-state index in [0.717, 1.165) is 17.5 Å². The molecule has 1 saturated carbocycles. The molecule has 164 valence electrons. The normalized spacial score (nSPS) is 20.9. The molecule has 2 aromatic heterocycles. The lowest BCUT2D eigenvalue weighted by atomic mass is 10.0. The lowest BCUT2D eigenvalue weighted by Crippen LogP contribution is -2.32. The molecule has 2 aromatic carbocycles. The Hall–Kier alpha value is -4.19. The number of rotatable bonds is 3. The summed E-state index contributed by atoms with van der Waals surface area (Å²) in [5.41, 5.74) is 9.28. The average Bonchev–Trinajstić information content (AvgIpc) is 3.22. The molecule has 33 heavy (non-hydrogen) atoms. The van der Waals surface area contributed by atoms with Crippen molar-refractivity contribution in [2.45, 2.75) is 18.4 Å². The number of aromatic nitrogens is 3. The van der Waals surface area contributed by atoms with Gasteiger partial charge in [-0.3, -0.25) is 9.20 Å². The Morgan fingerprint density at radius 1 is 1.33 bits per heavy atom. The van der Waals surface area contributed by atoms with Crippen LogP contribution in [0.1, 0.15) is 39.9 Å². The summed E-state index contributed by atoms with van der Waals surface area (Å²) in [6.07, 6.45) is 3.97. The van der Waals surface area contributed by atoms with Crippen LogP contribution in [0.2, 0.25) is 0 Å². The number of nitriles is 1. The number of carbonyl (C=O) groups is 1. The van der Waals surface area contributed by atoms with E-state index >= 15 is 4.39 Å². The quantitative estimate of drug-likeness (QED) is 0.521. The maximum absolute atomic E-state index is 15.0. The van der Waals surface area contributed by atoms with Crippen molar-refractivity contribution in [3.8, 4) is 11.8 Å². The smallest absolute Gasteiger partial charge is 0.257 e. The second kappa shape index (κ2) is 6.90. The highest BCUT2D eigenvalue weighted by Crippen LogP contribution is 2.49. The molecule has 0 radical (unpaired) electrons. The van der Waals surface area contributed by atoms with Crippen LogP contribution in [-0.2, 0) is 0 Å². The monoisotopic (exact) mass is 442 g/mol. The van der Waals surface area contributed by atoms with E-state index in [1.165, 1.54) is 17.0 Å². The van der Waals surface area contributed by atoms with Crippen LogP contribution in [-0.4, -0.2) is 38.8 Å². The molecule has 3 heterocycles. The number of fused-ring (bicyclic) bond motifs is 4. The molecule has 0 unspecified atom stereocenters. The fraction of sp³-hybridized carbons (Fsp3) is 0.250. The Morgan fingerprint density at radius 3 is 2.97 bits per heavy atom. The number of nitrogens with zero attached hydrogens (tertiary/aromatic N) is 5. The number of nitrogen functional groups attached to an aromatic ring is 1. The highest BCUT2D eigenvalue weighted by Gasteiger charge is 2.40. The third-order valence-electron chi connectivity index (χ3n) is 6.66. The SMILES string of the molecule is CN(C(=O)c1cc2c(cc1F)nc(N)c1cncn12)[C@@H]1COc2ccc([C@@H]3C[C@H]3C#N)cc21. The van der Waals surface area contributed by atoms with E-state index in [0.29, 0.717) is 22.3 Å². The van der Waals surface area contributed by atoms with Gasteiger partial charge in [-0.1, -0.05) is 6.07 Å². The molecule has 3 atom stereocenters. The number of nitrogens with two attached hydrogens (primary N) is 1. The minimum atomic E-state index is -0.673. The number of amides is 1. The van der Waals surface area contributed by atoms with Crippen LogP contribution in [0.15, 0.2) is 42.9 Å². The summed E-state index contributed by atoms with van der Waals surface area (Å²) in [6.45, 7) is 0.284. The average molecular weight is 442 g/mol. The standard InChI is InChI=1S/C24H19FN6O2/c1-30(21-10-33-22-3-2-12(4-16(21)22)14-5-13(14)8-26)24(32)15-6-19-18(7-17(15)25)29-23(27)20-9-28-11-31(19)20/h2-4,6-7,9,11,13-14,21H,5,10H2,1H3,(H2,27,29)/t13-,14-,21+/m0/s1. The topological polar surface area (TPSA) is 110 Å². The Kier molecular flexibility index (Phi) is 4.08. The van der Waals surface area contributed by atoms with Crippen molar-refractivity contribution in [2.24, 2.45) is 5.92 Å². The van der Waals surface area contributed by atoms with E-state index in [9.17, 15) is 4.79 Å². The zero-order valence-corrected chi connectivity index (χ0v) is 17.7. The number of ether oxygens (including phenoxy) is 1. The molecule has 1 aliphatic heterocycles. The molecule has 8 nitrogen and oxygen atoms in total. The molecule has 6 rings (SSSR count). The van der Waals surface area contributed by atoms with Crippen LogP contribution >= 0.6 is 0 Å². The first-order valence-corrected chi connectivity index (χ1v) is 10.6. The Bertz CT molecular complexity index is 1510. The van der Waals surface area contributed by atoms with Gasteiger partial charge >= 0.3 is 0 Å². The van der Waals surface area contributed by atoms with Crippen molar-refractivity contribution in [3.63, 3.8) is 0 Å². The Labute approximate surface area is 188 Å². The van der Waals surface area contributed by atoms with E-state index < -0.39 is 11.7 Å². The van der Waals surface area contributed by atoms with Gasteiger partial charge in [0, 0.05) is 24.6 Å². The maximum atomic E-state index is 15.0. The van der Waals surface area contributed by atoms with Crippen LogP contribution in [0.25, 0.3) is 16.6 Å². The summed E-state index contributed by atoms with van der Waals surface area (Å²) in [5.74, 6) is 0.0633. The van der Waals surface area contributed by atoms with Gasteiger partial charge in [0.25, 0.3) is 5.91 Å². The number of benzene rings is 2. The maximum Gasteiger partial charge on any atom is 0.257 e. The van der Waals surface area contributed by atoms with Gasteiger partial charge in [-0.2, -0.15) is 5.26 Å².